The minimum atomic E-state index is -1.91. The fourth-order valence-corrected chi connectivity index (χ4v) is 7.12. The van der Waals surface area contributed by atoms with E-state index in [1.54, 1.807) is 29.3 Å². The first-order chi connectivity index (χ1) is 21.7. The van der Waals surface area contributed by atoms with Crippen LogP contribution in [0.5, 0.6) is 0 Å². The van der Waals surface area contributed by atoms with Gasteiger partial charge in [-0.05, 0) is 71.7 Å². The van der Waals surface area contributed by atoms with E-state index in [0.717, 1.165) is 19.1 Å². The molecule has 3 atom stereocenters. The molecular formula is C35H30ClFN2O6. The van der Waals surface area contributed by atoms with E-state index in [2.05, 4.69) is 0 Å². The maximum atomic E-state index is 15.4. The Bertz CT molecular complexity index is 1800. The van der Waals surface area contributed by atoms with Crippen LogP contribution in [-0.4, -0.2) is 49.3 Å². The number of carbonyl (C=O) groups excluding carboxylic acids is 4. The van der Waals surface area contributed by atoms with E-state index in [1.807, 2.05) is 19.1 Å². The molecule has 3 aromatic carbocycles. The summed E-state index contributed by atoms with van der Waals surface area (Å²) >= 11 is 6.16. The number of esters is 2. The number of amides is 1. The van der Waals surface area contributed by atoms with Crippen molar-refractivity contribution in [1.29, 1.82) is 0 Å². The summed E-state index contributed by atoms with van der Waals surface area (Å²) in [6.45, 7) is 2.28. The molecule has 3 aromatic rings. The summed E-state index contributed by atoms with van der Waals surface area (Å²) in [5.74, 6) is -5.27. The molecule has 0 saturated heterocycles. The van der Waals surface area contributed by atoms with Gasteiger partial charge in [-0.2, -0.15) is 0 Å². The SMILES string of the molecule is CCCCN1C(=O)[C@]2(c3cc(F)ccc31)C(C(=O)c1ccc(Cl)cc1)C(C(=O)OC)=C(C(=O)OC)N1C=Cc3ccccc3[C@@H]12. The quantitative estimate of drug-likeness (QED) is 0.234. The van der Waals surface area contributed by atoms with Gasteiger partial charge in [0.15, 0.2) is 5.78 Å². The topological polar surface area (TPSA) is 93.2 Å². The third-order valence-electron chi connectivity index (χ3n) is 8.88. The van der Waals surface area contributed by atoms with Crippen molar-refractivity contribution in [3.8, 4) is 0 Å². The van der Waals surface area contributed by atoms with Crippen LogP contribution in [0.4, 0.5) is 10.1 Å². The molecule has 0 aliphatic carbocycles. The Labute approximate surface area is 264 Å². The lowest BCUT2D eigenvalue weighted by molar-refractivity contribution is -0.144. The van der Waals surface area contributed by atoms with Gasteiger partial charge in [0, 0.05) is 29.0 Å². The minimum Gasteiger partial charge on any atom is -0.466 e. The second-order valence-electron chi connectivity index (χ2n) is 11.1. The van der Waals surface area contributed by atoms with Gasteiger partial charge in [0.2, 0.25) is 5.91 Å². The Hall–Kier alpha value is -4.76. The predicted molar refractivity (Wildman–Crippen MR) is 166 cm³/mol. The average molecular weight is 629 g/mol. The van der Waals surface area contributed by atoms with Crippen LogP contribution in [0.15, 0.2) is 84.2 Å². The monoisotopic (exact) mass is 628 g/mol. The number of ketones is 1. The van der Waals surface area contributed by atoms with E-state index in [1.165, 1.54) is 54.5 Å². The van der Waals surface area contributed by atoms with Crippen molar-refractivity contribution in [2.24, 2.45) is 5.92 Å². The first kappa shape index (κ1) is 30.3. The van der Waals surface area contributed by atoms with Crippen LogP contribution >= 0.6 is 11.6 Å². The predicted octanol–water partition coefficient (Wildman–Crippen LogP) is 6.00. The Morgan fingerprint density at radius 3 is 2.38 bits per heavy atom. The number of methoxy groups -OCH3 is 2. The van der Waals surface area contributed by atoms with Crippen molar-refractivity contribution >= 4 is 47.0 Å². The number of Topliss-reactive ketones (excluding diaryl/α,β-unsaturated/α-hetero) is 1. The van der Waals surface area contributed by atoms with E-state index < -0.39 is 46.8 Å². The van der Waals surface area contributed by atoms with Crippen molar-refractivity contribution in [2.45, 2.75) is 31.2 Å². The first-order valence-electron chi connectivity index (χ1n) is 14.6. The summed E-state index contributed by atoms with van der Waals surface area (Å²) in [5.41, 5.74) is -0.354. The van der Waals surface area contributed by atoms with Crippen molar-refractivity contribution in [3.05, 3.63) is 117 Å². The highest BCUT2D eigenvalue weighted by molar-refractivity contribution is 6.30. The van der Waals surface area contributed by atoms with Crippen molar-refractivity contribution in [3.63, 3.8) is 0 Å². The molecule has 1 amide bonds. The molecule has 6 rings (SSSR count). The van der Waals surface area contributed by atoms with Crippen LogP contribution < -0.4 is 4.90 Å². The van der Waals surface area contributed by atoms with Crippen LogP contribution in [0.25, 0.3) is 6.08 Å². The standard InChI is InChI=1S/C35H30ClFN2O6/c1-4-5-17-38-26-15-14-23(37)19-25(26)35(34(38)43)28(30(40)21-10-12-22(36)13-11-21)27(32(41)44-2)29(33(42)45-3)39-18-16-20-8-6-7-9-24(20)31(35)39/h6-16,18-19,28,31H,4-5,17H2,1-3H3/t28?,31-,35-/m1/s1. The maximum Gasteiger partial charge on any atom is 0.355 e. The molecule has 3 aliphatic heterocycles. The molecule has 0 fully saturated rings. The number of anilines is 1. The minimum absolute atomic E-state index is 0.139. The highest BCUT2D eigenvalue weighted by Gasteiger charge is 2.69. The van der Waals surface area contributed by atoms with Crippen LogP contribution in [0.1, 0.15) is 52.9 Å². The van der Waals surface area contributed by atoms with Crippen LogP contribution in [0.3, 0.4) is 0 Å². The number of hydrogen-bond donors (Lipinski definition) is 0. The van der Waals surface area contributed by atoms with Gasteiger partial charge in [-0.25, -0.2) is 14.0 Å². The lowest BCUT2D eigenvalue weighted by Crippen LogP contribution is -2.61. The molecule has 0 N–H and O–H groups in total. The molecule has 0 saturated carbocycles. The summed E-state index contributed by atoms with van der Waals surface area (Å²) < 4.78 is 25.8. The van der Waals surface area contributed by atoms with Crippen molar-refractivity contribution < 1.29 is 33.0 Å². The lowest BCUT2D eigenvalue weighted by Gasteiger charge is -2.52. The molecule has 3 heterocycles. The molecule has 0 bridgehead atoms. The van der Waals surface area contributed by atoms with E-state index in [9.17, 15) is 14.4 Å². The van der Waals surface area contributed by atoms with E-state index in [4.69, 9.17) is 21.1 Å². The number of rotatable bonds is 7. The fourth-order valence-electron chi connectivity index (χ4n) is 7.00. The molecule has 230 valence electrons. The summed E-state index contributed by atoms with van der Waals surface area (Å²) in [4.78, 5) is 60.9. The number of halogens is 2. The molecule has 0 aromatic heterocycles. The second kappa shape index (κ2) is 11.6. The smallest absolute Gasteiger partial charge is 0.355 e. The fraction of sp³-hybridized carbons (Fsp3) is 0.257. The maximum absolute atomic E-state index is 15.4. The molecule has 10 heteroatoms. The van der Waals surface area contributed by atoms with Gasteiger partial charge in [0.25, 0.3) is 0 Å². The number of unbranched alkanes of at least 4 members (excludes halogenated alkanes) is 1. The Morgan fingerprint density at radius 1 is 0.978 bits per heavy atom. The van der Waals surface area contributed by atoms with Gasteiger partial charge in [-0.3, -0.25) is 9.59 Å². The summed E-state index contributed by atoms with van der Waals surface area (Å²) in [6, 6.07) is 16.3. The summed E-state index contributed by atoms with van der Waals surface area (Å²) in [7, 11) is 2.30. The van der Waals surface area contributed by atoms with Crippen molar-refractivity contribution in [1.82, 2.24) is 4.90 Å². The number of fused-ring (bicyclic) bond motifs is 6. The molecule has 3 aliphatic rings. The lowest BCUT2D eigenvalue weighted by atomic mass is 9.56. The summed E-state index contributed by atoms with van der Waals surface area (Å²) in [5, 5.41) is 0.372. The average Bonchev–Trinajstić information content (AvgIpc) is 3.28. The summed E-state index contributed by atoms with van der Waals surface area (Å²) in [6.07, 6.45) is 4.74. The number of benzene rings is 3. The normalized spacial score (nSPS) is 21.4. The zero-order valence-corrected chi connectivity index (χ0v) is 25.6. The molecular weight excluding hydrogens is 599 g/mol. The molecule has 1 spiro atoms. The van der Waals surface area contributed by atoms with Gasteiger partial charge in [-0.1, -0.05) is 49.2 Å². The number of ether oxygens (including phenoxy) is 2. The molecule has 0 radical (unpaired) electrons. The van der Waals surface area contributed by atoms with E-state index in [0.29, 0.717) is 29.2 Å². The van der Waals surface area contributed by atoms with E-state index in [-0.39, 0.29) is 22.4 Å². The van der Waals surface area contributed by atoms with Crippen LogP contribution in [0, 0.1) is 11.7 Å². The number of hydrogen-bond acceptors (Lipinski definition) is 7. The first-order valence-corrected chi connectivity index (χ1v) is 15.0. The van der Waals surface area contributed by atoms with Gasteiger partial charge in [-0.15, -0.1) is 0 Å². The molecule has 1 unspecified atom stereocenters. The zero-order chi connectivity index (χ0) is 32.0. The Balaban J connectivity index is 1.80. The Morgan fingerprint density at radius 2 is 1.69 bits per heavy atom. The van der Waals surface area contributed by atoms with Gasteiger partial charge >= 0.3 is 11.9 Å². The highest BCUT2D eigenvalue weighted by atomic mass is 35.5. The third kappa shape index (κ3) is 4.48. The van der Waals surface area contributed by atoms with Crippen LogP contribution in [0.2, 0.25) is 5.02 Å². The second-order valence-corrected chi connectivity index (χ2v) is 11.6. The van der Waals surface area contributed by atoms with E-state index >= 15 is 9.18 Å². The van der Waals surface area contributed by atoms with Gasteiger partial charge in [0.1, 0.15) is 16.9 Å². The third-order valence-corrected chi connectivity index (χ3v) is 9.13. The Kier molecular flexibility index (Phi) is 7.82. The number of nitrogens with zero attached hydrogens (tertiary/aromatic N) is 2. The molecule has 45 heavy (non-hydrogen) atoms. The van der Waals surface area contributed by atoms with Gasteiger partial charge in [0.05, 0.1) is 31.8 Å². The van der Waals surface area contributed by atoms with Gasteiger partial charge < -0.3 is 19.3 Å². The molecule has 8 nitrogen and oxygen atoms in total. The van der Waals surface area contributed by atoms with Crippen molar-refractivity contribution in [2.75, 3.05) is 25.7 Å². The highest BCUT2D eigenvalue weighted by Crippen LogP contribution is 2.62. The largest absolute Gasteiger partial charge is 0.466 e. The zero-order valence-electron chi connectivity index (χ0n) is 24.9. The number of carbonyl (C=O) groups is 4. The van der Waals surface area contributed by atoms with Crippen LogP contribution in [-0.2, 0) is 29.3 Å².